The van der Waals surface area contributed by atoms with Crippen molar-refractivity contribution in [2.24, 2.45) is 0 Å². The molecule has 0 aliphatic carbocycles. The molecule has 60 heavy (non-hydrogen) atoms. The fourth-order valence-corrected chi connectivity index (χ4v) is 6.37. The second-order valence-corrected chi connectivity index (χ2v) is 17.0. The van der Waals surface area contributed by atoms with Gasteiger partial charge in [0.1, 0.15) is 12.7 Å². The van der Waals surface area contributed by atoms with Gasteiger partial charge >= 0.3 is 27.6 Å². The number of hydrogen-bond donors (Lipinski definition) is 4. The highest BCUT2D eigenvalue weighted by atomic mass is 31.2. The highest BCUT2D eigenvalue weighted by Gasteiger charge is 2.28. The molecule has 0 rings (SSSR count). The molecule has 0 heterocycles. The summed E-state index contributed by atoms with van der Waals surface area (Å²) in [5, 5.41) is 9.73. The van der Waals surface area contributed by atoms with Crippen molar-refractivity contribution < 1.29 is 66.3 Å². The van der Waals surface area contributed by atoms with E-state index >= 15 is 0 Å². The Kier molecular flexibility index (Phi) is 37.3. The highest BCUT2D eigenvalue weighted by Crippen LogP contribution is 2.43. The molecular weight excluding hydrogens is 814 g/mol. The van der Waals surface area contributed by atoms with E-state index in [2.05, 4.69) is 71.5 Å². The van der Waals surface area contributed by atoms with Gasteiger partial charge in [0, 0.05) is 19.3 Å². The van der Waals surface area contributed by atoms with Crippen molar-refractivity contribution >= 4 is 33.4 Å². The first-order valence-corrected chi connectivity index (χ1v) is 24.6. The average molecular weight is 889 g/mol. The molecule has 0 radical (unpaired) electrons. The third-order valence-electron chi connectivity index (χ3n) is 8.53. The Labute approximate surface area is 359 Å². The van der Waals surface area contributed by atoms with Gasteiger partial charge in [-0.15, -0.1) is 0 Å². The highest BCUT2D eigenvalue weighted by molar-refractivity contribution is 7.47. The van der Waals surface area contributed by atoms with E-state index in [1.165, 1.54) is 44.6 Å². The maximum atomic E-state index is 12.6. The summed E-state index contributed by atoms with van der Waals surface area (Å²) >= 11 is 0. The molecule has 0 fully saturated rings. The SMILES string of the molecule is CCCCC/C=C\C/C=C\C/C=C\C=C\C(=O)CCCC(=O)O[C@H](COC(=O)CCCCCCC/C=C\C/C=C\CCCCC)COP(=O)(O)OC[C@@H](O)COP(=O)(O)O. The Morgan fingerprint density at radius 3 is 1.63 bits per heavy atom. The number of ketones is 1. The lowest BCUT2D eigenvalue weighted by molar-refractivity contribution is -0.161. The van der Waals surface area contributed by atoms with E-state index in [1.807, 2.05) is 6.08 Å². The quantitative estimate of drug-likeness (QED) is 0.0113. The summed E-state index contributed by atoms with van der Waals surface area (Å²) in [4.78, 5) is 64.9. The number of aliphatic hydroxyl groups excluding tert-OH is 1. The molecule has 0 saturated heterocycles. The van der Waals surface area contributed by atoms with Crippen LogP contribution >= 0.6 is 15.6 Å². The lowest BCUT2D eigenvalue weighted by atomic mass is 10.1. The Bertz CT molecular complexity index is 1400. The Balaban J connectivity index is 4.76. The van der Waals surface area contributed by atoms with E-state index < -0.39 is 66.2 Å². The van der Waals surface area contributed by atoms with Crippen molar-refractivity contribution in [1.29, 1.82) is 0 Å². The maximum Gasteiger partial charge on any atom is 0.472 e. The van der Waals surface area contributed by atoms with Gasteiger partial charge in [0.25, 0.3) is 0 Å². The third-order valence-corrected chi connectivity index (χ3v) is 9.97. The van der Waals surface area contributed by atoms with E-state index in [1.54, 1.807) is 12.2 Å². The molecule has 0 aromatic rings. The molecule has 0 aromatic carbocycles. The number of phosphoric acid groups is 2. The van der Waals surface area contributed by atoms with Crippen LogP contribution in [0.4, 0.5) is 0 Å². The molecule has 16 heteroatoms. The van der Waals surface area contributed by atoms with Crippen LogP contribution in [0.25, 0.3) is 0 Å². The summed E-state index contributed by atoms with van der Waals surface area (Å²) in [6.45, 7) is 1.40. The monoisotopic (exact) mass is 888 g/mol. The number of phosphoric ester groups is 2. The zero-order valence-electron chi connectivity index (χ0n) is 36.0. The zero-order valence-corrected chi connectivity index (χ0v) is 37.8. The van der Waals surface area contributed by atoms with Crippen LogP contribution in [-0.4, -0.2) is 76.1 Å². The van der Waals surface area contributed by atoms with Crippen molar-refractivity contribution in [3.8, 4) is 0 Å². The van der Waals surface area contributed by atoms with Gasteiger partial charge in [0.05, 0.1) is 19.8 Å². The molecule has 0 saturated carbocycles. The van der Waals surface area contributed by atoms with Crippen molar-refractivity contribution in [2.45, 2.75) is 161 Å². The number of carbonyl (C=O) groups is 3. The predicted molar refractivity (Wildman–Crippen MR) is 235 cm³/mol. The van der Waals surface area contributed by atoms with Gasteiger partial charge in [-0.3, -0.25) is 28.0 Å². The number of ether oxygens (including phenoxy) is 2. The van der Waals surface area contributed by atoms with Crippen LogP contribution in [0.5, 0.6) is 0 Å². The second kappa shape index (κ2) is 39.1. The largest absolute Gasteiger partial charge is 0.472 e. The summed E-state index contributed by atoms with van der Waals surface area (Å²) in [5.74, 6) is -1.50. The van der Waals surface area contributed by atoms with Crippen LogP contribution in [0.3, 0.4) is 0 Å². The van der Waals surface area contributed by atoms with Crippen molar-refractivity contribution in [3.63, 3.8) is 0 Å². The molecule has 0 spiro atoms. The molecule has 0 bridgehead atoms. The number of rotatable bonds is 40. The van der Waals surface area contributed by atoms with Gasteiger partial charge in [-0.05, 0) is 76.7 Å². The average Bonchev–Trinajstić information content (AvgIpc) is 3.20. The maximum absolute atomic E-state index is 12.6. The zero-order chi connectivity index (χ0) is 44.6. The van der Waals surface area contributed by atoms with E-state index in [9.17, 15) is 33.5 Å². The molecule has 0 amide bonds. The van der Waals surface area contributed by atoms with Crippen molar-refractivity contribution in [3.05, 3.63) is 72.9 Å². The topological polar surface area (TPSA) is 212 Å². The smallest absolute Gasteiger partial charge is 0.462 e. The van der Waals surface area contributed by atoms with Crippen LogP contribution in [0.2, 0.25) is 0 Å². The summed E-state index contributed by atoms with van der Waals surface area (Å²) in [6, 6.07) is 0. The number of hydrogen-bond acceptors (Lipinski definition) is 11. The number of carbonyl (C=O) groups excluding carboxylic acids is 3. The van der Waals surface area contributed by atoms with Crippen molar-refractivity contribution in [2.75, 3.05) is 26.4 Å². The van der Waals surface area contributed by atoms with Gasteiger partial charge < -0.3 is 29.3 Å². The molecule has 0 aromatic heterocycles. The van der Waals surface area contributed by atoms with Gasteiger partial charge in [-0.1, -0.05) is 126 Å². The predicted octanol–water partition coefficient (Wildman–Crippen LogP) is 10.2. The summed E-state index contributed by atoms with van der Waals surface area (Å²) in [7, 11) is -9.77. The van der Waals surface area contributed by atoms with E-state index in [-0.39, 0.29) is 31.5 Å². The second-order valence-electron chi connectivity index (χ2n) is 14.3. The molecule has 4 N–H and O–H groups in total. The van der Waals surface area contributed by atoms with Crippen LogP contribution in [-0.2, 0) is 46.6 Å². The molecule has 3 atom stereocenters. The first kappa shape index (κ1) is 57.2. The van der Waals surface area contributed by atoms with E-state index in [0.717, 1.165) is 64.2 Å². The van der Waals surface area contributed by atoms with Crippen LogP contribution < -0.4 is 0 Å². The minimum absolute atomic E-state index is 0.0708. The van der Waals surface area contributed by atoms with Gasteiger partial charge in [-0.25, -0.2) is 9.13 Å². The first-order valence-electron chi connectivity index (χ1n) is 21.6. The van der Waals surface area contributed by atoms with Crippen LogP contribution in [0.15, 0.2) is 72.9 Å². The number of allylic oxidation sites excluding steroid dienone is 12. The lowest BCUT2D eigenvalue weighted by Gasteiger charge is -2.20. The normalized spacial score (nSPS) is 14.6. The van der Waals surface area contributed by atoms with Gasteiger partial charge in [0.2, 0.25) is 0 Å². The third kappa shape index (κ3) is 41.9. The number of unbranched alkanes of at least 4 members (excludes halogenated alkanes) is 11. The van der Waals surface area contributed by atoms with Crippen molar-refractivity contribution in [1.82, 2.24) is 0 Å². The van der Waals surface area contributed by atoms with Crippen LogP contribution in [0.1, 0.15) is 149 Å². The molecule has 344 valence electrons. The Hall–Kier alpha value is -2.77. The van der Waals surface area contributed by atoms with Gasteiger partial charge in [-0.2, -0.15) is 0 Å². The molecule has 0 aliphatic rings. The minimum Gasteiger partial charge on any atom is -0.462 e. The fourth-order valence-electron chi connectivity index (χ4n) is 5.21. The Morgan fingerprint density at radius 2 is 1.03 bits per heavy atom. The molecule has 1 unspecified atom stereocenters. The van der Waals surface area contributed by atoms with E-state index in [0.29, 0.717) is 6.42 Å². The molecule has 14 nitrogen and oxygen atoms in total. The standard InChI is InChI=1S/C44H74O14P2/c1-3-5-7-9-11-13-15-17-18-20-22-24-26-28-30-34-43(47)54-38-42(39-57-60(52,53)56-37-41(46)36-55-59(49,50)51)58-44(48)35-31-33-40(45)32-29-27-25-23-21-19-16-14-12-10-8-6-4-2/h11-14,17-19,21,25,27,29,32,41-42,46H,3-10,15-16,20,22-24,26,28,30-31,33-39H2,1-2H3,(H,52,53)(H2,49,50,51)/b13-11-,14-12-,18-17-,21-19-,27-25-,32-29+/t41-,42+/m0/s1. The van der Waals surface area contributed by atoms with E-state index in [4.69, 9.17) is 23.8 Å². The fraction of sp³-hybridized carbons (Fsp3) is 0.659. The molecular formula is C44H74O14P2. The number of esters is 2. The van der Waals surface area contributed by atoms with Gasteiger partial charge in [0.15, 0.2) is 11.9 Å². The summed E-state index contributed by atoms with van der Waals surface area (Å²) in [5.41, 5.74) is 0. The minimum atomic E-state index is -4.89. The first-order chi connectivity index (χ1) is 28.8. The summed E-state index contributed by atoms with van der Waals surface area (Å²) < 4.78 is 47.5. The lowest BCUT2D eigenvalue weighted by Crippen LogP contribution is -2.30. The number of aliphatic hydroxyl groups is 1. The molecule has 0 aliphatic heterocycles. The van der Waals surface area contributed by atoms with Crippen LogP contribution in [0, 0.1) is 0 Å². The Morgan fingerprint density at radius 1 is 0.533 bits per heavy atom. The summed E-state index contributed by atoms with van der Waals surface area (Å²) in [6.07, 6.45) is 39.0.